The molecule has 0 bridgehead atoms. The second-order valence-corrected chi connectivity index (χ2v) is 11.7. The lowest BCUT2D eigenvalue weighted by atomic mass is 9.77. The van der Waals surface area contributed by atoms with E-state index in [0.717, 1.165) is 45.2 Å². The highest BCUT2D eigenvalue weighted by atomic mass is 16.5. The van der Waals surface area contributed by atoms with Crippen LogP contribution in [0.25, 0.3) is 0 Å². The zero-order valence-electron chi connectivity index (χ0n) is 22.2. The first-order valence-corrected chi connectivity index (χ1v) is 13.2. The number of nitrogens with one attached hydrogen (secondary N) is 1. The fraction of sp³-hybridized carbons (Fsp3) is 0.679. The Labute approximate surface area is 214 Å². The molecule has 1 atom stereocenters. The van der Waals surface area contributed by atoms with E-state index in [-0.39, 0.29) is 24.0 Å². The molecule has 36 heavy (non-hydrogen) atoms. The molecule has 0 unspecified atom stereocenters. The van der Waals surface area contributed by atoms with Gasteiger partial charge in [-0.2, -0.15) is 0 Å². The number of ether oxygens (including phenoxy) is 2. The third-order valence-corrected chi connectivity index (χ3v) is 7.97. The van der Waals surface area contributed by atoms with Crippen LogP contribution in [0.3, 0.4) is 0 Å². The molecule has 3 aliphatic rings. The Kier molecular flexibility index (Phi) is 7.93. The van der Waals surface area contributed by atoms with Gasteiger partial charge in [-0.3, -0.25) is 4.79 Å². The van der Waals surface area contributed by atoms with Gasteiger partial charge >= 0.3 is 12.0 Å². The molecule has 0 aromatic heterocycles. The van der Waals surface area contributed by atoms with Crippen LogP contribution < -0.4 is 5.32 Å². The number of rotatable bonds is 6. The average Bonchev–Trinajstić information content (AvgIpc) is 3.44. The van der Waals surface area contributed by atoms with Gasteiger partial charge < -0.3 is 24.6 Å². The number of urea groups is 1. The maximum absolute atomic E-state index is 13.0. The largest absolute Gasteiger partial charge is 0.467 e. The van der Waals surface area contributed by atoms with Crippen LogP contribution in [-0.4, -0.2) is 79.2 Å². The summed E-state index contributed by atoms with van der Waals surface area (Å²) in [4.78, 5) is 42.0. The minimum atomic E-state index is -0.848. The van der Waals surface area contributed by atoms with Crippen molar-refractivity contribution in [3.05, 3.63) is 35.4 Å². The van der Waals surface area contributed by atoms with Crippen molar-refractivity contribution in [2.75, 3.05) is 39.9 Å². The van der Waals surface area contributed by atoms with E-state index in [1.807, 2.05) is 25.7 Å². The Bertz CT molecular complexity index is 939. The molecule has 2 saturated heterocycles. The van der Waals surface area contributed by atoms with E-state index in [1.54, 1.807) is 4.90 Å². The average molecular weight is 500 g/mol. The lowest BCUT2D eigenvalue weighted by Gasteiger charge is -2.39. The van der Waals surface area contributed by atoms with Crippen molar-refractivity contribution in [1.82, 2.24) is 15.1 Å². The van der Waals surface area contributed by atoms with E-state index >= 15 is 0 Å². The van der Waals surface area contributed by atoms with Crippen LogP contribution >= 0.6 is 0 Å². The van der Waals surface area contributed by atoms with Gasteiger partial charge in [-0.25, -0.2) is 9.59 Å². The number of fused-ring (bicyclic) bond motifs is 1. The van der Waals surface area contributed by atoms with Gasteiger partial charge in [0.05, 0.1) is 19.3 Å². The molecule has 198 valence electrons. The Hall–Kier alpha value is -2.61. The van der Waals surface area contributed by atoms with Crippen LogP contribution in [0.1, 0.15) is 57.6 Å². The second-order valence-electron chi connectivity index (χ2n) is 11.7. The molecule has 0 radical (unpaired) electrons. The van der Waals surface area contributed by atoms with Gasteiger partial charge in [0.1, 0.15) is 0 Å². The summed E-state index contributed by atoms with van der Waals surface area (Å²) in [6.45, 7) is 8.55. The number of piperidine rings is 1. The van der Waals surface area contributed by atoms with Gasteiger partial charge in [0.2, 0.25) is 5.91 Å². The summed E-state index contributed by atoms with van der Waals surface area (Å²) < 4.78 is 10.6. The van der Waals surface area contributed by atoms with Crippen molar-refractivity contribution >= 4 is 17.9 Å². The van der Waals surface area contributed by atoms with E-state index in [1.165, 1.54) is 18.2 Å². The fourth-order valence-electron chi connectivity index (χ4n) is 5.80. The number of amides is 3. The molecule has 2 aliphatic heterocycles. The SMILES string of the molecule is COC(=O)[C@H](COC(C)(C)C)NC(=O)N1CCC2(CCN(C(=O)CC3Cc4ccccc4C3)CC2)C1. The highest BCUT2D eigenvalue weighted by Gasteiger charge is 2.43. The summed E-state index contributed by atoms with van der Waals surface area (Å²) in [5, 5.41) is 2.80. The molecule has 1 N–H and O–H groups in total. The van der Waals surface area contributed by atoms with Gasteiger partial charge in [-0.15, -0.1) is 0 Å². The fourth-order valence-corrected chi connectivity index (χ4v) is 5.80. The molecule has 1 spiro atoms. The summed E-state index contributed by atoms with van der Waals surface area (Å²) in [7, 11) is 1.31. The van der Waals surface area contributed by atoms with Crippen molar-refractivity contribution in [2.24, 2.45) is 11.3 Å². The zero-order chi connectivity index (χ0) is 25.9. The Morgan fingerprint density at radius 1 is 1.03 bits per heavy atom. The molecule has 4 rings (SSSR count). The first-order valence-electron chi connectivity index (χ1n) is 13.2. The Morgan fingerprint density at radius 3 is 2.17 bits per heavy atom. The first-order chi connectivity index (χ1) is 17.1. The molecule has 8 heteroatoms. The number of carbonyl (C=O) groups excluding carboxylic acids is 3. The number of esters is 1. The van der Waals surface area contributed by atoms with Crippen molar-refractivity contribution in [3.8, 4) is 0 Å². The molecule has 1 aromatic rings. The monoisotopic (exact) mass is 499 g/mol. The van der Waals surface area contributed by atoms with Crippen molar-refractivity contribution in [1.29, 1.82) is 0 Å². The van der Waals surface area contributed by atoms with Crippen molar-refractivity contribution in [2.45, 2.75) is 70.9 Å². The summed E-state index contributed by atoms with van der Waals surface area (Å²) in [5.41, 5.74) is 2.38. The topological polar surface area (TPSA) is 88.2 Å². The molecular weight excluding hydrogens is 458 g/mol. The Balaban J connectivity index is 1.24. The van der Waals surface area contributed by atoms with Gasteiger partial charge in [0, 0.05) is 32.6 Å². The molecule has 8 nitrogen and oxygen atoms in total. The van der Waals surface area contributed by atoms with Crippen LogP contribution in [0.4, 0.5) is 4.79 Å². The summed E-state index contributed by atoms with van der Waals surface area (Å²) in [5.74, 6) is 0.148. The van der Waals surface area contributed by atoms with Crippen LogP contribution in [0.15, 0.2) is 24.3 Å². The van der Waals surface area contributed by atoms with Gasteiger partial charge in [-0.1, -0.05) is 24.3 Å². The highest BCUT2D eigenvalue weighted by Crippen LogP contribution is 2.41. The van der Waals surface area contributed by atoms with Crippen LogP contribution in [-0.2, 0) is 31.9 Å². The summed E-state index contributed by atoms with van der Waals surface area (Å²) in [6.07, 6.45) is 5.33. The normalized spacial score (nSPS) is 20.3. The van der Waals surface area contributed by atoms with Crippen LogP contribution in [0.2, 0.25) is 0 Å². The summed E-state index contributed by atoms with van der Waals surface area (Å²) >= 11 is 0. The third kappa shape index (κ3) is 6.38. The number of methoxy groups -OCH3 is 1. The summed E-state index contributed by atoms with van der Waals surface area (Å²) in [6, 6.07) is 7.40. The van der Waals surface area contributed by atoms with E-state index in [4.69, 9.17) is 9.47 Å². The van der Waals surface area contributed by atoms with E-state index in [0.29, 0.717) is 25.4 Å². The number of hydrogen-bond acceptors (Lipinski definition) is 5. The highest BCUT2D eigenvalue weighted by molar-refractivity contribution is 5.84. The standard InChI is InChI=1S/C28H41N3O5/c1-27(2,3)36-18-23(25(33)35-4)29-26(34)31-14-11-28(19-31)9-12-30(13-10-28)24(32)17-20-15-21-7-5-6-8-22(21)16-20/h5-8,20,23H,9-19H2,1-4H3,(H,29,34)/t23-/m0/s1. The number of hydrogen-bond donors (Lipinski definition) is 1. The number of likely N-dealkylation sites (tertiary alicyclic amines) is 2. The van der Waals surface area contributed by atoms with E-state index in [2.05, 4.69) is 29.6 Å². The lowest BCUT2D eigenvalue weighted by Crippen LogP contribution is -2.51. The molecule has 0 saturated carbocycles. The molecular formula is C28H41N3O5. The molecule has 3 amide bonds. The third-order valence-electron chi connectivity index (χ3n) is 7.97. The Morgan fingerprint density at radius 2 is 1.61 bits per heavy atom. The number of nitrogens with zero attached hydrogens (tertiary/aromatic N) is 2. The first kappa shape index (κ1) is 26.5. The minimum Gasteiger partial charge on any atom is -0.467 e. The quantitative estimate of drug-likeness (QED) is 0.608. The van der Waals surface area contributed by atoms with Gasteiger partial charge in [0.15, 0.2) is 6.04 Å². The smallest absolute Gasteiger partial charge is 0.330 e. The predicted octanol–water partition coefficient (Wildman–Crippen LogP) is 3.17. The molecule has 1 aromatic carbocycles. The second kappa shape index (κ2) is 10.8. The van der Waals surface area contributed by atoms with Gasteiger partial charge in [-0.05, 0) is 75.3 Å². The minimum absolute atomic E-state index is 0.0420. The maximum atomic E-state index is 13.0. The predicted molar refractivity (Wildman–Crippen MR) is 136 cm³/mol. The molecule has 2 fully saturated rings. The number of carbonyl (C=O) groups is 3. The number of benzene rings is 1. The van der Waals surface area contributed by atoms with Crippen LogP contribution in [0.5, 0.6) is 0 Å². The van der Waals surface area contributed by atoms with Crippen molar-refractivity contribution in [3.63, 3.8) is 0 Å². The van der Waals surface area contributed by atoms with E-state index < -0.39 is 17.6 Å². The zero-order valence-corrected chi connectivity index (χ0v) is 22.2. The molecule has 2 heterocycles. The lowest BCUT2D eigenvalue weighted by molar-refractivity contribution is -0.146. The maximum Gasteiger partial charge on any atom is 0.330 e. The molecule has 1 aliphatic carbocycles. The van der Waals surface area contributed by atoms with Crippen molar-refractivity contribution < 1.29 is 23.9 Å². The van der Waals surface area contributed by atoms with E-state index in [9.17, 15) is 14.4 Å². The van der Waals surface area contributed by atoms with Crippen LogP contribution in [0, 0.1) is 11.3 Å². The van der Waals surface area contributed by atoms with Gasteiger partial charge in [0.25, 0.3) is 0 Å².